The zero-order valence-corrected chi connectivity index (χ0v) is 17.9. The van der Waals surface area contributed by atoms with E-state index in [1.54, 1.807) is 6.20 Å². The highest BCUT2D eigenvalue weighted by Gasteiger charge is 2.33. The molecule has 0 spiro atoms. The molecule has 2 aromatic rings. The van der Waals surface area contributed by atoms with E-state index in [1.165, 1.54) is 7.11 Å². The Kier molecular flexibility index (Phi) is 6.81. The standard InChI is InChI=1S/C20H26BrN3O3/c1-12(2)17(18(25)27-5)24-19(26)20(3,4)11-23-16-9-14-8-15(21)7-6-13(14)10-22-16/h6-10,12,17H,11H2,1-5H3,(H,22,23)(H,24,26)/t17-/m0/s1. The van der Waals surface area contributed by atoms with Crippen molar-refractivity contribution >= 4 is 44.4 Å². The van der Waals surface area contributed by atoms with Gasteiger partial charge in [-0.15, -0.1) is 0 Å². The quantitative estimate of drug-likeness (QED) is 0.647. The Bertz CT molecular complexity index is 836. The number of nitrogens with zero attached hydrogens (tertiary/aromatic N) is 1. The van der Waals surface area contributed by atoms with E-state index >= 15 is 0 Å². The monoisotopic (exact) mass is 435 g/mol. The lowest BCUT2D eigenvalue weighted by molar-refractivity contribution is -0.147. The van der Waals surface area contributed by atoms with Crippen molar-refractivity contribution in [3.8, 4) is 0 Å². The lowest BCUT2D eigenvalue weighted by Gasteiger charge is -2.28. The van der Waals surface area contributed by atoms with E-state index in [0.29, 0.717) is 12.4 Å². The van der Waals surface area contributed by atoms with Gasteiger partial charge in [-0.3, -0.25) is 4.79 Å². The minimum Gasteiger partial charge on any atom is -0.467 e. The van der Waals surface area contributed by atoms with E-state index < -0.39 is 17.4 Å². The van der Waals surface area contributed by atoms with Gasteiger partial charge in [-0.05, 0) is 43.4 Å². The van der Waals surface area contributed by atoms with Gasteiger partial charge in [0.2, 0.25) is 5.91 Å². The Hall–Kier alpha value is -2.15. The second-order valence-electron chi connectivity index (χ2n) is 7.52. The van der Waals surface area contributed by atoms with Crippen LogP contribution in [0.5, 0.6) is 0 Å². The normalized spacial score (nSPS) is 12.7. The highest BCUT2D eigenvalue weighted by atomic mass is 79.9. The number of halogens is 1. The molecule has 2 rings (SSSR count). The first kappa shape index (κ1) is 21.2. The Morgan fingerprint density at radius 1 is 1.22 bits per heavy atom. The number of hydrogen-bond acceptors (Lipinski definition) is 5. The second kappa shape index (κ2) is 8.69. The van der Waals surface area contributed by atoms with Crippen LogP contribution in [0.15, 0.2) is 34.9 Å². The number of pyridine rings is 1. The first-order valence-electron chi connectivity index (χ1n) is 8.82. The Morgan fingerprint density at radius 3 is 2.56 bits per heavy atom. The van der Waals surface area contributed by atoms with Crippen LogP contribution in [0.4, 0.5) is 5.82 Å². The average molecular weight is 436 g/mol. The zero-order chi connectivity index (χ0) is 20.2. The van der Waals surface area contributed by atoms with Gasteiger partial charge in [-0.25, -0.2) is 9.78 Å². The lowest BCUT2D eigenvalue weighted by Crippen LogP contribution is -2.51. The van der Waals surface area contributed by atoms with E-state index in [0.717, 1.165) is 15.2 Å². The number of aromatic nitrogens is 1. The van der Waals surface area contributed by atoms with Crippen LogP contribution in [0.1, 0.15) is 27.7 Å². The van der Waals surface area contributed by atoms with E-state index in [2.05, 4.69) is 31.5 Å². The summed E-state index contributed by atoms with van der Waals surface area (Å²) < 4.78 is 5.78. The third kappa shape index (κ3) is 5.42. The first-order valence-corrected chi connectivity index (χ1v) is 9.61. The van der Waals surface area contributed by atoms with Crippen molar-refractivity contribution in [2.24, 2.45) is 11.3 Å². The molecule has 146 valence electrons. The fourth-order valence-corrected chi connectivity index (χ4v) is 2.94. The number of amides is 1. The van der Waals surface area contributed by atoms with Gasteiger partial charge in [0.1, 0.15) is 11.9 Å². The van der Waals surface area contributed by atoms with Crippen molar-refractivity contribution in [3.05, 3.63) is 34.9 Å². The zero-order valence-electron chi connectivity index (χ0n) is 16.3. The first-order chi connectivity index (χ1) is 12.6. The molecule has 0 fully saturated rings. The van der Waals surface area contributed by atoms with Crippen molar-refractivity contribution in [2.75, 3.05) is 19.0 Å². The second-order valence-corrected chi connectivity index (χ2v) is 8.43. The number of fused-ring (bicyclic) bond motifs is 1. The largest absolute Gasteiger partial charge is 0.467 e. The molecule has 1 heterocycles. The minimum atomic E-state index is -0.741. The van der Waals surface area contributed by atoms with Gasteiger partial charge < -0.3 is 15.4 Å². The molecule has 0 bridgehead atoms. The van der Waals surface area contributed by atoms with Crippen LogP contribution in [0.3, 0.4) is 0 Å². The van der Waals surface area contributed by atoms with E-state index in [-0.39, 0.29) is 11.8 Å². The predicted octanol–water partition coefficient (Wildman–Crippen LogP) is 3.75. The fraction of sp³-hybridized carbons (Fsp3) is 0.450. The average Bonchev–Trinajstić information content (AvgIpc) is 2.62. The highest BCUT2D eigenvalue weighted by molar-refractivity contribution is 9.10. The van der Waals surface area contributed by atoms with Crippen LogP contribution >= 0.6 is 15.9 Å². The lowest BCUT2D eigenvalue weighted by atomic mass is 9.91. The van der Waals surface area contributed by atoms with E-state index in [1.807, 2.05) is 52.0 Å². The summed E-state index contributed by atoms with van der Waals surface area (Å²) in [6, 6.07) is 7.25. The molecule has 27 heavy (non-hydrogen) atoms. The molecule has 0 saturated carbocycles. The number of esters is 1. The molecular formula is C20H26BrN3O3. The summed E-state index contributed by atoms with van der Waals surface area (Å²) in [7, 11) is 1.32. The molecule has 0 saturated heterocycles. The molecule has 6 nitrogen and oxygen atoms in total. The van der Waals surface area contributed by atoms with Crippen LogP contribution < -0.4 is 10.6 Å². The van der Waals surface area contributed by atoms with Crippen LogP contribution in [-0.4, -0.2) is 36.6 Å². The molecule has 0 radical (unpaired) electrons. The van der Waals surface area contributed by atoms with Gasteiger partial charge in [0.25, 0.3) is 0 Å². The van der Waals surface area contributed by atoms with E-state index in [4.69, 9.17) is 4.74 Å². The molecule has 0 aliphatic heterocycles. The molecule has 1 atom stereocenters. The third-order valence-electron chi connectivity index (χ3n) is 4.42. The molecule has 1 amide bonds. The minimum absolute atomic E-state index is 0.0641. The molecule has 1 aromatic carbocycles. The molecule has 2 N–H and O–H groups in total. The third-order valence-corrected chi connectivity index (χ3v) is 4.91. The van der Waals surface area contributed by atoms with Crippen molar-refractivity contribution in [1.82, 2.24) is 10.3 Å². The summed E-state index contributed by atoms with van der Waals surface area (Å²) in [4.78, 5) is 29.0. The fourth-order valence-electron chi connectivity index (χ4n) is 2.56. The van der Waals surface area contributed by atoms with Gasteiger partial charge in [0, 0.05) is 22.6 Å². The summed E-state index contributed by atoms with van der Waals surface area (Å²) in [6.45, 7) is 7.75. The Morgan fingerprint density at radius 2 is 1.93 bits per heavy atom. The summed E-state index contributed by atoms with van der Waals surface area (Å²) in [5.41, 5.74) is -0.741. The highest BCUT2D eigenvalue weighted by Crippen LogP contribution is 2.23. The summed E-state index contributed by atoms with van der Waals surface area (Å²) in [5.74, 6) is -0.0351. The van der Waals surface area contributed by atoms with Crippen LogP contribution in [0.25, 0.3) is 10.8 Å². The van der Waals surface area contributed by atoms with Crippen molar-refractivity contribution in [2.45, 2.75) is 33.7 Å². The van der Waals surface area contributed by atoms with E-state index in [9.17, 15) is 9.59 Å². The maximum atomic E-state index is 12.7. The SMILES string of the molecule is COC(=O)[C@@H](NC(=O)C(C)(C)CNc1cc2cc(Br)ccc2cn1)C(C)C. The molecule has 0 unspecified atom stereocenters. The van der Waals surface area contributed by atoms with Crippen molar-refractivity contribution in [1.29, 1.82) is 0 Å². The van der Waals surface area contributed by atoms with Crippen LogP contribution in [-0.2, 0) is 14.3 Å². The molecular weight excluding hydrogens is 410 g/mol. The van der Waals surface area contributed by atoms with Crippen LogP contribution in [0, 0.1) is 11.3 Å². The molecule has 0 aliphatic rings. The predicted molar refractivity (Wildman–Crippen MR) is 110 cm³/mol. The number of anilines is 1. The maximum absolute atomic E-state index is 12.7. The van der Waals surface area contributed by atoms with Gasteiger partial charge >= 0.3 is 5.97 Å². The number of carbonyl (C=O) groups excluding carboxylic acids is 2. The van der Waals surface area contributed by atoms with Gasteiger partial charge in [0.15, 0.2) is 0 Å². The number of nitrogens with one attached hydrogen (secondary N) is 2. The molecule has 0 aliphatic carbocycles. The number of ether oxygens (including phenoxy) is 1. The number of hydrogen-bond donors (Lipinski definition) is 2. The number of rotatable bonds is 7. The van der Waals surface area contributed by atoms with Gasteiger partial charge in [0.05, 0.1) is 12.5 Å². The topological polar surface area (TPSA) is 80.3 Å². The van der Waals surface area contributed by atoms with Gasteiger partial charge in [-0.1, -0.05) is 35.8 Å². The smallest absolute Gasteiger partial charge is 0.328 e. The number of methoxy groups -OCH3 is 1. The van der Waals surface area contributed by atoms with Crippen LogP contribution in [0.2, 0.25) is 0 Å². The summed E-state index contributed by atoms with van der Waals surface area (Å²) in [5, 5.41) is 8.11. The summed E-state index contributed by atoms with van der Waals surface area (Å²) in [6.07, 6.45) is 1.79. The molecule has 7 heteroatoms. The number of benzene rings is 1. The Labute approximate surface area is 168 Å². The summed E-state index contributed by atoms with van der Waals surface area (Å²) >= 11 is 3.47. The number of carbonyl (C=O) groups is 2. The van der Waals surface area contributed by atoms with Gasteiger partial charge in [-0.2, -0.15) is 0 Å². The maximum Gasteiger partial charge on any atom is 0.328 e. The molecule has 1 aromatic heterocycles. The van der Waals surface area contributed by atoms with Crippen molar-refractivity contribution < 1.29 is 14.3 Å². The Balaban J connectivity index is 2.06. The van der Waals surface area contributed by atoms with Crippen molar-refractivity contribution in [3.63, 3.8) is 0 Å².